The summed E-state index contributed by atoms with van der Waals surface area (Å²) in [4.78, 5) is 13.4. The second-order valence-electron chi connectivity index (χ2n) is 6.54. The topological polar surface area (TPSA) is 60.8 Å². The van der Waals surface area contributed by atoms with Gasteiger partial charge in [-0.1, -0.05) is 24.3 Å². The van der Waals surface area contributed by atoms with Gasteiger partial charge in [0.1, 0.15) is 17.7 Å². The molecule has 0 bridgehead atoms. The second kappa shape index (κ2) is 6.90. The van der Waals surface area contributed by atoms with Crippen LogP contribution >= 0.6 is 0 Å². The number of aliphatic carboxylic acids is 1. The Morgan fingerprint density at radius 3 is 2.20 bits per heavy atom. The number of carbonyl (C=O) groups is 1. The lowest BCUT2D eigenvalue weighted by molar-refractivity contribution is -0.143. The van der Waals surface area contributed by atoms with Gasteiger partial charge in [-0.15, -0.1) is 0 Å². The molecule has 0 radical (unpaired) electrons. The van der Waals surface area contributed by atoms with E-state index in [-0.39, 0.29) is 12.4 Å². The van der Waals surface area contributed by atoms with Gasteiger partial charge in [-0.05, 0) is 41.8 Å². The molecule has 1 aliphatic heterocycles. The number of halogens is 2. The first-order valence-electron chi connectivity index (χ1n) is 8.05. The molecule has 2 N–H and O–H groups in total. The Bertz CT molecular complexity index is 748. The van der Waals surface area contributed by atoms with Crippen molar-refractivity contribution < 1.29 is 23.8 Å². The Hall–Kier alpha value is -2.31. The van der Waals surface area contributed by atoms with Crippen LogP contribution in [0.4, 0.5) is 8.78 Å². The summed E-state index contributed by atoms with van der Waals surface area (Å²) in [5.41, 5.74) is 0.185. The van der Waals surface area contributed by atoms with Crippen LogP contribution in [0.15, 0.2) is 48.5 Å². The van der Waals surface area contributed by atoms with Gasteiger partial charge in [0.25, 0.3) is 0 Å². The third-order valence-corrected chi connectivity index (χ3v) is 4.59. The van der Waals surface area contributed by atoms with E-state index in [4.69, 9.17) is 0 Å². The van der Waals surface area contributed by atoms with Gasteiger partial charge in [-0.25, -0.2) is 8.78 Å². The van der Waals surface area contributed by atoms with Gasteiger partial charge in [-0.3, -0.25) is 9.69 Å². The van der Waals surface area contributed by atoms with Crippen LogP contribution in [0.5, 0.6) is 0 Å². The van der Waals surface area contributed by atoms with Crippen molar-refractivity contribution in [2.24, 2.45) is 0 Å². The fourth-order valence-electron chi connectivity index (χ4n) is 3.39. The SMILES string of the molecule is O=C(O)C(c1ccc(F)cc1)N1CCC(O)(Cc2ccc(F)cc2)C1. The number of rotatable bonds is 5. The fraction of sp³-hybridized carbons (Fsp3) is 0.316. The van der Waals surface area contributed by atoms with E-state index in [0.29, 0.717) is 24.9 Å². The highest BCUT2D eigenvalue weighted by Crippen LogP contribution is 2.32. The monoisotopic (exact) mass is 347 g/mol. The first kappa shape index (κ1) is 17.5. The molecular formula is C19H19F2NO3. The molecule has 2 unspecified atom stereocenters. The number of hydrogen-bond donors (Lipinski definition) is 2. The Morgan fingerprint density at radius 1 is 1.08 bits per heavy atom. The summed E-state index contributed by atoms with van der Waals surface area (Å²) in [7, 11) is 0. The molecular weight excluding hydrogens is 328 g/mol. The van der Waals surface area contributed by atoms with Crippen molar-refractivity contribution in [1.82, 2.24) is 4.90 Å². The summed E-state index contributed by atoms with van der Waals surface area (Å²) in [6.07, 6.45) is 0.731. The third-order valence-electron chi connectivity index (χ3n) is 4.59. The minimum Gasteiger partial charge on any atom is -0.480 e. The van der Waals surface area contributed by atoms with Gasteiger partial charge in [0.2, 0.25) is 0 Å². The molecule has 1 heterocycles. The van der Waals surface area contributed by atoms with Gasteiger partial charge in [0, 0.05) is 19.5 Å². The average Bonchev–Trinajstić information content (AvgIpc) is 2.93. The standard InChI is InChI=1S/C19H19F2NO3/c20-15-5-1-13(2-6-15)11-19(25)9-10-22(12-19)17(18(23)24)14-3-7-16(21)8-4-14/h1-8,17,25H,9-12H2,(H,23,24). The highest BCUT2D eigenvalue weighted by atomic mass is 19.1. The largest absolute Gasteiger partial charge is 0.480 e. The summed E-state index contributed by atoms with van der Waals surface area (Å²) >= 11 is 0. The average molecular weight is 347 g/mol. The zero-order valence-corrected chi connectivity index (χ0v) is 13.5. The predicted molar refractivity (Wildman–Crippen MR) is 88.0 cm³/mol. The highest BCUT2D eigenvalue weighted by Gasteiger charge is 2.41. The molecule has 1 saturated heterocycles. The van der Waals surface area contributed by atoms with E-state index in [9.17, 15) is 23.8 Å². The number of carboxylic acids is 1. The van der Waals surface area contributed by atoms with Crippen molar-refractivity contribution in [2.75, 3.05) is 13.1 Å². The lowest BCUT2D eigenvalue weighted by Crippen LogP contribution is -2.39. The fourth-order valence-corrected chi connectivity index (χ4v) is 3.39. The summed E-state index contributed by atoms with van der Waals surface area (Å²) in [5, 5.41) is 20.4. The summed E-state index contributed by atoms with van der Waals surface area (Å²) < 4.78 is 26.1. The van der Waals surface area contributed by atoms with E-state index in [0.717, 1.165) is 5.56 Å². The highest BCUT2D eigenvalue weighted by molar-refractivity contribution is 5.75. The van der Waals surface area contributed by atoms with Crippen LogP contribution in [-0.2, 0) is 11.2 Å². The van der Waals surface area contributed by atoms with E-state index in [1.807, 2.05) is 0 Å². The molecule has 132 valence electrons. The van der Waals surface area contributed by atoms with Crippen molar-refractivity contribution in [2.45, 2.75) is 24.5 Å². The lowest BCUT2D eigenvalue weighted by atomic mass is 9.93. The number of nitrogens with zero attached hydrogens (tertiary/aromatic N) is 1. The molecule has 0 aromatic heterocycles. The number of carboxylic acid groups (broad SMARTS) is 1. The normalized spacial score (nSPS) is 22.0. The number of aliphatic hydroxyl groups is 1. The lowest BCUT2D eigenvalue weighted by Gasteiger charge is -2.27. The van der Waals surface area contributed by atoms with E-state index >= 15 is 0 Å². The van der Waals surface area contributed by atoms with Gasteiger partial charge >= 0.3 is 5.97 Å². The van der Waals surface area contributed by atoms with E-state index < -0.39 is 23.4 Å². The Labute approximate surface area is 144 Å². The molecule has 1 aliphatic rings. The molecule has 4 nitrogen and oxygen atoms in total. The Balaban J connectivity index is 1.75. The van der Waals surface area contributed by atoms with Crippen LogP contribution in [-0.4, -0.2) is 39.8 Å². The minimum absolute atomic E-state index is 0.179. The maximum Gasteiger partial charge on any atom is 0.325 e. The molecule has 0 amide bonds. The molecule has 1 fully saturated rings. The smallest absolute Gasteiger partial charge is 0.325 e. The van der Waals surface area contributed by atoms with Crippen LogP contribution in [0.25, 0.3) is 0 Å². The molecule has 0 aliphatic carbocycles. The van der Waals surface area contributed by atoms with Crippen molar-refractivity contribution in [1.29, 1.82) is 0 Å². The van der Waals surface area contributed by atoms with E-state index in [2.05, 4.69) is 0 Å². The number of β-amino-alcohol motifs (C(OH)–C–C–N with tert-alkyl or cyclic N) is 1. The second-order valence-corrected chi connectivity index (χ2v) is 6.54. The zero-order chi connectivity index (χ0) is 18.0. The van der Waals surface area contributed by atoms with Crippen LogP contribution in [0, 0.1) is 11.6 Å². The molecule has 6 heteroatoms. The summed E-state index contributed by atoms with van der Waals surface area (Å²) in [5.74, 6) is -1.81. The number of hydrogen-bond acceptors (Lipinski definition) is 3. The number of benzene rings is 2. The Kier molecular flexibility index (Phi) is 4.83. The quantitative estimate of drug-likeness (QED) is 0.873. The van der Waals surface area contributed by atoms with Crippen LogP contribution in [0.3, 0.4) is 0 Å². The van der Waals surface area contributed by atoms with Crippen molar-refractivity contribution in [3.8, 4) is 0 Å². The maximum absolute atomic E-state index is 13.1. The van der Waals surface area contributed by atoms with E-state index in [1.165, 1.54) is 36.4 Å². The van der Waals surface area contributed by atoms with Crippen LogP contribution in [0.2, 0.25) is 0 Å². The van der Waals surface area contributed by atoms with Gasteiger partial charge in [0.15, 0.2) is 0 Å². The van der Waals surface area contributed by atoms with Gasteiger partial charge < -0.3 is 10.2 Å². The number of likely N-dealkylation sites (tertiary alicyclic amines) is 1. The molecule has 25 heavy (non-hydrogen) atoms. The molecule has 3 rings (SSSR count). The van der Waals surface area contributed by atoms with E-state index in [1.54, 1.807) is 17.0 Å². The summed E-state index contributed by atoms with van der Waals surface area (Å²) in [6.45, 7) is 0.588. The third kappa shape index (κ3) is 4.03. The van der Waals surface area contributed by atoms with Crippen molar-refractivity contribution in [3.05, 3.63) is 71.3 Å². The molecule has 2 aromatic carbocycles. The van der Waals surface area contributed by atoms with Crippen LogP contribution in [0.1, 0.15) is 23.6 Å². The first-order chi connectivity index (χ1) is 11.9. The first-order valence-corrected chi connectivity index (χ1v) is 8.05. The van der Waals surface area contributed by atoms with Crippen molar-refractivity contribution >= 4 is 5.97 Å². The van der Waals surface area contributed by atoms with Gasteiger partial charge in [0.05, 0.1) is 5.60 Å². The molecule has 0 saturated carbocycles. The summed E-state index contributed by atoms with van der Waals surface area (Å²) in [6, 6.07) is 10.3. The molecule has 2 atom stereocenters. The minimum atomic E-state index is -1.08. The predicted octanol–water partition coefficient (Wildman–Crippen LogP) is 2.77. The molecule has 0 spiro atoms. The Morgan fingerprint density at radius 2 is 1.64 bits per heavy atom. The zero-order valence-electron chi connectivity index (χ0n) is 13.5. The van der Waals surface area contributed by atoms with Crippen molar-refractivity contribution in [3.63, 3.8) is 0 Å². The maximum atomic E-state index is 13.1. The van der Waals surface area contributed by atoms with Crippen LogP contribution < -0.4 is 0 Å². The molecule has 2 aromatic rings. The van der Waals surface area contributed by atoms with Gasteiger partial charge in [-0.2, -0.15) is 0 Å².